The van der Waals surface area contributed by atoms with Gasteiger partial charge in [-0.05, 0) is 70.7 Å². The van der Waals surface area contributed by atoms with Crippen molar-refractivity contribution in [3.63, 3.8) is 0 Å². The number of benzene rings is 2. The van der Waals surface area contributed by atoms with Crippen LogP contribution in [0.5, 0.6) is 23.0 Å². The highest BCUT2D eigenvalue weighted by atomic mass is 31.2. The van der Waals surface area contributed by atoms with Crippen molar-refractivity contribution in [3.05, 3.63) is 70.6 Å². The minimum atomic E-state index is -4.54. The fourth-order valence-corrected chi connectivity index (χ4v) is 7.42. The highest BCUT2D eigenvalue weighted by Gasteiger charge is 2.49. The first kappa shape index (κ1) is 30.2. The Bertz CT molecular complexity index is 1210. The van der Waals surface area contributed by atoms with Crippen LogP contribution in [0.3, 0.4) is 0 Å². The second-order valence-electron chi connectivity index (χ2n) is 9.87. The monoisotopic (exact) mass is 554 g/mol. The van der Waals surface area contributed by atoms with Crippen LogP contribution in [0.15, 0.2) is 59.4 Å². The summed E-state index contributed by atoms with van der Waals surface area (Å²) in [6.07, 6.45) is 4.11. The van der Waals surface area contributed by atoms with Gasteiger partial charge in [0.05, 0.1) is 26.4 Å². The zero-order valence-electron chi connectivity index (χ0n) is 24.0. The molecule has 0 saturated heterocycles. The van der Waals surface area contributed by atoms with Gasteiger partial charge in [0.25, 0.3) is 0 Å². The summed E-state index contributed by atoms with van der Waals surface area (Å²) in [5, 5.41) is 0.222. The maximum Gasteiger partial charge on any atom is 0.249 e. The largest absolute Gasteiger partial charge is 0.493 e. The van der Waals surface area contributed by atoms with E-state index in [1.165, 1.54) is 0 Å². The lowest BCUT2D eigenvalue weighted by Crippen LogP contribution is -2.20. The normalized spacial score (nSPS) is 14.6. The Morgan fingerprint density at radius 3 is 1.41 bits per heavy atom. The quantitative estimate of drug-likeness (QED) is 0.233. The molecule has 210 valence electrons. The van der Waals surface area contributed by atoms with Crippen LogP contribution >= 0.6 is 7.14 Å². The lowest BCUT2D eigenvalue weighted by molar-refractivity contribution is 0.103. The summed E-state index contributed by atoms with van der Waals surface area (Å²) < 4.78 is 38.5. The maximum absolute atomic E-state index is 15.4. The SMILES string of the molecule is CCOc1cccc(OCC)c1C(=O)P(=O)(C(=O)c1c(OCC)cccc1OCC)C1=C(C)CC(C)(C)C=C1. The number of carbonyl (C=O) groups excluding carboxylic acids is 2. The third-order valence-electron chi connectivity index (χ3n) is 6.36. The molecule has 0 spiro atoms. The van der Waals surface area contributed by atoms with Crippen molar-refractivity contribution in [2.75, 3.05) is 26.4 Å². The van der Waals surface area contributed by atoms with E-state index in [4.69, 9.17) is 18.9 Å². The molecule has 0 fully saturated rings. The highest BCUT2D eigenvalue weighted by molar-refractivity contribution is 7.98. The third kappa shape index (κ3) is 6.14. The second-order valence-corrected chi connectivity index (χ2v) is 12.4. The van der Waals surface area contributed by atoms with Crippen molar-refractivity contribution in [2.45, 2.75) is 54.9 Å². The number of hydrogen-bond acceptors (Lipinski definition) is 7. The van der Waals surface area contributed by atoms with Gasteiger partial charge in [0.15, 0.2) is 0 Å². The van der Waals surface area contributed by atoms with E-state index in [-0.39, 0.29) is 71.3 Å². The topological polar surface area (TPSA) is 88.1 Å². The van der Waals surface area contributed by atoms with Crippen LogP contribution < -0.4 is 18.9 Å². The molecule has 2 aromatic carbocycles. The van der Waals surface area contributed by atoms with Crippen LogP contribution in [-0.4, -0.2) is 37.5 Å². The van der Waals surface area contributed by atoms with Gasteiger partial charge in [-0.25, -0.2) is 0 Å². The van der Waals surface area contributed by atoms with Gasteiger partial charge in [-0.3, -0.25) is 9.59 Å². The van der Waals surface area contributed by atoms with Crippen molar-refractivity contribution in [3.8, 4) is 23.0 Å². The Labute approximate surface area is 231 Å². The standard InChI is InChI=1S/C31H39O7P/c1-8-35-22-14-12-15-23(36-9-2)27(22)29(32)39(34,26-18-19-31(6,7)20-21(26)5)30(33)28-24(37-10-3)16-13-17-25(28)38-11-4/h12-19H,8-11,20H2,1-7H3. The summed E-state index contributed by atoms with van der Waals surface area (Å²) in [6, 6.07) is 9.88. The molecule has 0 amide bonds. The molecule has 0 atom stereocenters. The molecule has 7 nitrogen and oxygen atoms in total. The van der Waals surface area contributed by atoms with Gasteiger partial charge >= 0.3 is 0 Å². The predicted octanol–water partition coefficient (Wildman–Crippen LogP) is 7.89. The second kappa shape index (κ2) is 12.7. The summed E-state index contributed by atoms with van der Waals surface area (Å²) in [4.78, 5) is 29.2. The van der Waals surface area contributed by atoms with Crippen molar-refractivity contribution in [1.29, 1.82) is 0 Å². The van der Waals surface area contributed by atoms with Gasteiger partial charge < -0.3 is 23.5 Å². The first-order valence-electron chi connectivity index (χ1n) is 13.4. The van der Waals surface area contributed by atoms with Crippen molar-refractivity contribution >= 4 is 18.2 Å². The van der Waals surface area contributed by atoms with E-state index in [2.05, 4.69) is 0 Å². The Hall–Kier alpha value is -3.31. The van der Waals surface area contributed by atoms with Crippen LogP contribution in [-0.2, 0) is 4.57 Å². The lowest BCUT2D eigenvalue weighted by atomic mass is 9.82. The Morgan fingerprint density at radius 2 is 1.10 bits per heavy atom. The zero-order valence-corrected chi connectivity index (χ0v) is 24.9. The molecule has 2 aromatic rings. The van der Waals surface area contributed by atoms with Crippen LogP contribution in [0.2, 0.25) is 0 Å². The molecule has 3 rings (SSSR count). The Morgan fingerprint density at radius 1 is 0.744 bits per heavy atom. The molecule has 0 aromatic heterocycles. The third-order valence-corrected chi connectivity index (χ3v) is 9.17. The number of hydrogen-bond donors (Lipinski definition) is 0. The zero-order chi connectivity index (χ0) is 28.8. The fourth-order valence-electron chi connectivity index (χ4n) is 4.83. The van der Waals surface area contributed by atoms with Gasteiger partial charge in [0, 0.05) is 5.31 Å². The van der Waals surface area contributed by atoms with Crippen LogP contribution in [0.1, 0.15) is 75.6 Å². The van der Waals surface area contributed by atoms with Crippen molar-refractivity contribution < 1.29 is 33.1 Å². The van der Waals surface area contributed by atoms with E-state index >= 15 is 4.57 Å². The summed E-state index contributed by atoms with van der Waals surface area (Å²) in [5.74, 6) is 0.844. The lowest BCUT2D eigenvalue weighted by Gasteiger charge is -2.30. The van der Waals surface area contributed by atoms with E-state index in [0.29, 0.717) is 12.0 Å². The van der Waals surface area contributed by atoms with Crippen molar-refractivity contribution in [2.24, 2.45) is 5.41 Å². The molecule has 1 aliphatic carbocycles. The molecule has 39 heavy (non-hydrogen) atoms. The number of rotatable bonds is 13. The van der Waals surface area contributed by atoms with Gasteiger partial charge in [0.1, 0.15) is 34.1 Å². The summed E-state index contributed by atoms with van der Waals surface area (Å²) in [5.41, 5.74) is -1.21. The number of ether oxygens (including phenoxy) is 4. The summed E-state index contributed by atoms with van der Waals surface area (Å²) in [6.45, 7) is 14.2. The number of allylic oxidation sites excluding steroid dienone is 4. The molecule has 0 bridgehead atoms. The van der Waals surface area contributed by atoms with E-state index in [0.717, 1.165) is 0 Å². The fraction of sp³-hybridized carbons (Fsp3) is 0.419. The smallest absolute Gasteiger partial charge is 0.249 e. The van der Waals surface area contributed by atoms with E-state index < -0.39 is 18.2 Å². The van der Waals surface area contributed by atoms with Gasteiger partial charge in [0.2, 0.25) is 18.2 Å². The van der Waals surface area contributed by atoms with Gasteiger partial charge in [-0.2, -0.15) is 0 Å². The maximum atomic E-state index is 15.4. The molecule has 0 aliphatic heterocycles. The first-order valence-corrected chi connectivity index (χ1v) is 15.1. The van der Waals surface area contributed by atoms with Crippen LogP contribution in [0.4, 0.5) is 0 Å². The van der Waals surface area contributed by atoms with E-state index in [1.807, 2.05) is 26.8 Å². The Kier molecular flexibility index (Phi) is 9.84. The summed E-state index contributed by atoms with van der Waals surface area (Å²) in [7, 11) is -4.54. The predicted molar refractivity (Wildman–Crippen MR) is 154 cm³/mol. The molecular weight excluding hydrogens is 515 g/mol. The molecule has 0 radical (unpaired) electrons. The highest BCUT2D eigenvalue weighted by Crippen LogP contribution is 2.64. The van der Waals surface area contributed by atoms with E-state index in [1.54, 1.807) is 70.2 Å². The van der Waals surface area contributed by atoms with Crippen molar-refractivity contribution in [1.82, 2.24) is 0 Å². The Balaban J connectivity index is 2.39. The van der Waals surface area contributed by atoms with Gasteiger partial charge in [-0.1, -0.05) is 43.7 Å². The van der Waals surface area contributed by atoms with Crippen LogP contribution in [0.25, 0.3) is 0 Å². The average molecular weight is 555 g/mol. The van der Waals surface area contributed by atoms with Crippen LogP contribution in [0, 0.1) is 5.41 Å². The molecule has 0 unspecified atom stereocenters. The van der Waals surface area contributed by atoms with E-state index in [9.17, 15) is 9.59 Å². The molecule has 1 aliphatic rings. The number of carbonyl (C=O) groups is 2. The molecule has 0 N–H and O–H groups in total. The first-order chi connectivity index (χ1) is 18.5. The molecule has 0 heterocycles. The molecule has 8 heteroatoms. The van der Waals surface area contributed by atoms with Gasteiger partial charge in [-0.15, -0.1) is 0 Å². The summed E-state index contributed by atoms with van der Waals surface area (Å²) >= 11 is 0. The molecule has 0 saturated carbocycles. The minimum Gasteiger partial charge on any atom is -0.493 e. The molecular formula is C31H39O7P. The average Bonchev–Trinajstić information content (AvgIpc) is 2.88. The minimum absolute atomic E-state index is 0.0109.